The Hall–Kier alpha value is -1.69. The van der Waals surface area contributed by atoms with E-state index >= 15 is 0 Å². The van der Waals surface area contributed by atoms with Gasteiger partial charge in [0.1, 0.15) is 12.6 Å². The van der Waals surface area contributed by atoms with Crippen molar-refractivity contribution in [3.8, 4) is 0 Å². The molecule has 6 nitrogen and oxygen atoms in total. The van der Waals surface area contributed by atoms with E-state index in [-0.39, 0.29) is 6.10 Å². The van der Waals surface area contributed by atoms with Gasteiger partial charge in [0.15, 0.2) is 5.82 Å². The molecule has 2 aromatic heterocycles. The zero-order valence-corrected chi connectivity index (χ0v) is 10.3. The summed E-state index contributed by atoms with van der Waals surface area (Å²) >= 11 is 0. The largest absolute Gasteiger partial charge is 0.371 e. The molecule has 0 amide bonds. The molecule has 2 aromatic rings. The molecule has 0 bridgehead atoms. The molecular weight excluding hydrogens is 220 g/mol. The van der Waals surface area contributed by atoms with Crippen LogP contribution >= 0.6 is 0 Å². The van der Waals surface area contributed by atoms with Gasteiger partial charge in [-0.15, -0.1) is 0 Å². The lowest BCUT2D eigenvalue weighted by atomic mass is 10.4. The van der Waals surface area contributed by atoms with E-state index in [0.717, 1.165) is 5.69 Å². The Morgan fingerprint density at radius 2 is 2.35 bits per heavy atom. The highest BCUT2D eigenvalue weighted by Gasteiger charge is 2.13. The summed E-state index contributed by atoms with van der Waals surface area (Å²) in [6.45, 7) is 6.89. The van der Waals surface area contributed by atoms with Crippen LogP contribution in [0.4, 0.5) is 0 Å². The maximum atomic E-state index is 5.39. The van der Waals surface area contributed by atoms with Gasteiger partial charge in [-0.2, -0.15) is 10.1 Å². The summed E-state index contributed by atoms with van der Waals surface area (Å²) < 4.78 is 12.3. The first kappa shape index (κ1) is 11.8. The second-order valence-electron chi connectivity index (χ2n) is 3.80. The lowest BCUT2D eigenvalue weighted by Gasteiger charge is -2.04. The van der Waals surface area contributed by atoms with Crippen molar-refractivity contribution < 1.29 is 9.26 Å². The number of aromatic nitrogens is 4. The highest BCUT2D eigenvalue weighted by atomic mass is 16.5. The van der Waals surface area contributed by atoms with Crippen molar-refractivity contribution in [1.29, 1.82) is 0 Å². The molecule has 0 N–H and O–H groups in total. The summed E-state index contributed by atoms with van der Waals surface area (Å²) in [5, 5.41) is 8.14. The quantitative estimate of drug-likeness (QED) is 0.790. The van der Waals surface area contributed by atoms with E-state index in [9.17, 15) is 0 Å². The Kier molecular flexibility index (Phi) is 3.53. The van der Waals surface area contributed by atoms with Crippen LogP contribution in [0.2, 0.25) is 0 Å². The summed E-state index contributed by atoms with van der Waals surface area (Å²) in [7, 11) is 0. The molecule has 0 aliphatic heterocycles. The van der Waals surface area contributed by atoms with Crippen molar-refractivity contribution in [2.24, 2.45) is 0 Å². The molecule has 6 heteroatoms. The van der Waals surface area contributed by atoms with Gasteiger partial charge in [-0.05, 0) is 26.8 Å². The van der Waals surface area contributed by atoms with Crippen molar-refractivity contribution in [3.63, 3.8) is 0 Å². The van der Waals surface area contributed by atoms with Crippen LogP contribution in [0.15, 0.2) is 16.8 Å². The van der Waals surface area contributed by atoms with E-state index in [1.807, 2.05) is 33.0 Å². The van der Waals surface area contributed by atoms with Crippen molar-refractivity contribution in [2.45, 2.75) is 33.4 Å². The number of rotatable bonds is 5. The monoisotopic (exact) mass is 236 g/mol. The van der Waals surface area contributed by atoms with Crippen LogP contribution in [-0.4, -0.2) is 26.5 Å². The molecule has 0 spiro atoms. The van der Waals surface area contributed by atoms with E-state index < -0.39 is 0 Å². The number of ether oxygens (including phenoxy) is 1. The topological polar surface area (TPSA) is 66.0 Å². The fourth-order valence-corrected chi connectivity index (χ4v) is 1.51. The Morgan fingerprint density at radius 3 is 3.00 bits per heavy atom. The zero-order valence-electron chi connectivity index (χ0n) is 10.3. The van der Waals surface area contributed by atoms with Gasteiger partial charge in [0, 0.05) is 12.8 Å². The minimum atomic E-state index is -0.142. The maximum Gasteiger partial charge on any atom is 0.248 e. The molecular formula is C11H16N4O2. The highest BCUT2D eigenvalue weighted by Crippen LogP contribution is 2.13. The number of hydrogen-bond donors (Lipinski definition) is 0. The number of nitrogens with zero attached hydrogens (tertiary/aromatic N) is 4. The van der Waals surface area contributed by atoms with Gasteiger partial charge in [0.05, 0.1) is 5.69 Å². The van der Waals surface area contributed by atoms with E-state index in [1.54, 1.807) is 4.68 Å². The zero-order chi connectivity index (χ0) is 12.3. The normalized spacial score (nSPS) is 12.9. The van der Waals surface area contributed by atoms with Gasteiger partial charge < -0.3 is 9.26 Å². The Bertz CT molecular complexity index is 477. The third-order valence-electron chi connectivity index (χ3n) is 2.34. The predicted molar refractivity (Wildman–Crippen MR) is 60.4 cm³/mol. The van der Waals surface area contributed by atoms with Crippen LogP contribution in [0.25, 0.3) is 0 Å². The smallest absolute Gasteiger partial charge is 0.248 e. The van der Waals surface area contributed by atoms with Crippen molar-refractivity contribution in [2.75, 3.05) is 6.61 Å². The Balaban J connectivity index is 2.03. The first-order chi connectivity index (χ1) is 8.19. The summed E-state index contributed by atoms with van der Waals surface area (Å²) in [6, 6.07) is 1.93. The Labute approximate surface area is 99.6 Å². The first-order valence-corrected chi connectivity index (χ1v) is 5.63. The second kappa shape index (κ2) is 5.09. The highest BCUT2D eigenvalue weighted by molar-refractivity contribution is 4.97. The molecule has 2 rings (SSSR count). The number of aryl methyl sites for hydroxylation is 1. The van der Waals surface area contributed by atoms with E-state index in [4.69, 9.17) is 9.26 Å². The van der Waals surface area contributed by atoms with Gasteiger partial charge in [-0.25, -0.2) is 0 Å². The van der Waals surface area contributed by atoms with Gasteiger partial charge in [0.25, 0.3) is 0 Å². The molecule has 1 atom stereocenters. The van der Waals surface area contributed by atoms with Crippen molar-refractivity contribution in [3.05, 3.63) is 29.7 Å². The molecule has 0 saturated heterocycles. The van der Waals surface area contributed by atoms with Crippen LogP contribution in [0.1, 0.15) is 37.4 Å². The molecule has 0 saturated carbocycles. The van der Waals surface area contributed by atoms with E-state index in [0.29, 0.717) is 24.9 Å². The lowest BCUT2D eigenvalue weighted by Crippen LogP contribution is -2.03. The third-order valence-corrected chi connectivity index (χ3v) is 2.34. The van der Waals surface area contributed by atoms with Crippen LogP contribution in [0.3, 0.4) is 0 Å². The molecule has 0 fully saturated rings. The molecule has 92 valence electrons. The third kappa shape index (κ3) is 2.91. The molecule has 17 heavy (non-hydrogen) atoms. The minimum absolute atomic E-state index is 0.142. The second-order valence-corrected chi connectivity index (χ2v) is 3.80. The van der Waals surface area contributed by atoms with Crippen LogP contribution < -0.4 is 0 Å². The van der Waals surface area contributed by atoms with Crippen molar-refractivity contribution >= 4 is 0 Å². The molecule has 0 radical (unpaired) electrons. The number of hydrogen-bond acceptors (Lipinski definition) is 5. The lowest BCUT2D eigenvalue weighted by molar-refractivity contribution is 0.0683. The summed E-state index contributed by atoms with van der Waals surface area (Å²) in [5.41, 5.74) is 0.965. The van der Waals surface area contributed by atoms with Crippen LogP contribution in [0.5, 0.6) is 0 Å². The molecule has 1 unspecified atom stereocenters. The molecule has 0 aromatic carbocycles. The summed E-state index contributed by atoms with van der Waals surface area (Å²) in [6.07, 6.45) is 1.74. The summed E-state index contributed by atoms with van der Waals surface area (Å²) in [4.78, 5) is 4.27. The molecule has 2 heterocycles. The average Bonchev–Trinajstić information content (AvgIpc) is 2.89. The van der Waals surface area contributed by atoms with Crippen molar-refractivity contribution in [1.82, 2.24) is 19.9 Å². The fraction of sp³-hybridized carbons (Fsp3) is 0.545. The van der Waals surface area contributed by atoms with Gasteiger partial charge in [0.2, 0.25) is 5.89 Å². The van der Waals surface area contributed by atoms with Gasteiger partial charge >= 0.3 is 0 Å². The predicted octanol–water partition coefficient (Wildman–Crippen LogP) is 1.72. The standard InChI is InChI=1S/C11H16N4O2/c1-4-16-9(3)11-12-10(17-14-11)7-15-6-5-8(2)13-15/h5-6,9H,4,7H2,1-3H3. The van der Waals surface area contributed by atoms with E-state index in [2.05, 4.69) is 15.2 Å². The summed E-state index contributed by atoms with van der Waals surface area (Å²) in [5.74, 6) is 1.11. The van der Waals surface area contributed by atoms with Gasteiger partial charge in [-0.1, -0.05) is 5.16 Å². The average molecular weight is 236 g/mol. The fourth-order valence-electron chi connectivity index (χ4n) is 1.51. The maximum absolute atomic E-state index is 5.39. The Morgan fingerprint density at radius 1 is 1.53 bits per heavy atom. The molecule has 0 aliphatic carbocycles. The first-order valence-electron chi connectivity index (χ1n) is 5.63. The van der Waals surface area contributed by atoms with E-state index in [1.165, 1.54) is 0 Å². The van der Waals surface area contributed by atoms with Crippen LogP contribution in [-0.2, 0) is 11.3 Å². The molecule has 0 aliphatic rings. The minimum Gasteiger partial charge on any atom is -0.371 e. The SMILES string of the molecule is CCOC(C)c1noc(Cn2ccc(C)n2)n1. The van der Waals surface area contributed by atoms with Gasteiger partial charge in [-0.3, -0.25) is 4.68 Å². The van der Waals surface area contributed by atoms with Crippen LogP contribution in [0, 0.1) is 6.92 Å².